The second kappa shape index (κ2) is 5.42. The van der Waals surface area contributed by atoms with Crippen molar-refractivity contribution in [3.8, 4) is 11.5 Å². The fourth-order valence-electron chi connectivity index (χ4n) is 1.38. The summed E-state index contributed by atoms with van der Waals surface area (Å²) in [6.07, 6.45) is 0. The molecule has 6 nitrogen and oxygen atoms in total. The summed E-state index contributed by atoms with van der Waals surface area (Å²) >= 11 is 0. The van der Waals surface area contributed by atoms with Crippen LogP contribution in [-0.2, 0) is 11.3 Å². The van der Waals surface area contributed by atoms with Crippen molar-refractivity contribution < 1.29 is 19.2 Å². The zero-order valence-electron chi connectivity index (χ0n) is 9.79. The van der Waals surface area contributed by atoms with E-state index >= 15 is 0 Å². The van der Waals surface area contributed by atoms with E-state index in [1.807, 2.05) is 6.92 Å². The summed E-state index contributed by atoms with van der Waals surface area (Å²) in [5.74, 6) is -0.153. The molecule has 0 aliphatic rings. The van der Waals surface area contributed by atoms with Gasteiger partial charge in [-0.3, -0.25) is 0 Å². The average Bonchev–Trinajstić information content (AvgIpc) is 2.85. The first-order chi connectivity index (χ1) is 8.70. The summed E-state index contributed by atoms with van der Waals surface area (Å²) in [5, 5.41) is 12.5. The van der Waals surface area contributed by atoms with Crippen LogP contribution in [-0.4, -0.2) is 27.8 Å². The molecular formula is C12H12N2O4. The van der Waals surface area contributed by atoms with Crippen LogP contribution in [0.4, 0.5) is 0 Å². The number of hydrogen-bond donors (Lipinski definition) is 1. The van der Waals surface area contributed by atoms with Gasteiger partial charge in [0.1, 0.15) is 6.61 Å². The van der Waals surface area contributed by atoms with Crippen LogP contribution in [0, 0.1) is 0 Å². The van der Waals surface area contributed by atoms with Gasteiger partial charge in [0, 0.05) is 12.2 Å². The van der Waals surface area contributed by atoms with Crippen LogP contribution in [0.2, 0.25) is 0 Å². The van der Waals surface area contributed by atoms with E-state index in [2.05, 4.69) is 10.1 Å². The van der Waals surface area contributed by atoms with Crippen LogP contribution in [0.5, 0.6) is 0 Å². The fraction of sp³-hybridized carbons (Fsp3) is 0.250. The van der Waals surface area contributed by atoms with Gasteiger partial charge in [0.05, 0.1) is 5.56 Å². The van der Waals surface area contributed by atoms with Gasteiger partial charge >= 0.3 is 5.97 Å². The summed E-state index contributed by atoms with van der Waals surface area (Å²) in [4.78, 5) is 14.8. The highest BCUT2D eigenvalue weighted by atomic mass is 16.5. The first-order valence-electron chi connectivity index (χ1n) is 5.44. The first-order valence-corrected chi connectivity index (χ1v) is 5.44. The normalized spacial score (nSPS) is 10.5. The van der Waals surface area contributed by atoms with Crippen LogP contribution in [0.1, 0.15) is 23.1 Å². The lowest BCUT2D eigenvalue weighted by Gasteiger charge is -1.96. The van der Waals surface area contributed by atoms with Gasteiger partial charge in [-0.2, -0.15) is 4.98 Å². The SMILES string of the molecule is CCOCc1noc(-c2ccc(C(=O)O)cc2)n1. The van der Waals surface area contributed by atoms with Crippen LogP contribution >= 0.6 is 0 Å². The highest BCUT2D eigenvalue weighted by molar-refractivity contribution is 5.88. The van der Waals surface area contributed by atoms with E-state index in [9.17, 15) is 4.79 Å². The van der Waals surface area contributed by atoms with Crippen LogP contribution in [0.15, 0.2) is 28.8 Å². The highest BCUT2D eigenvalue weighted by Gasteiger charge is 2.09. The molecule has 2 aromatic rings. The molecule has 1 aromatic heterocycles. The molecule has 0 spiro atoms. The van der Waals surface area contributed by atoms with Crippen LogP contribution in [0.3, 0.4) is 0 Å². The smallest absolute Gasteiger partial charge is 0.335 e. The third-order valence-corrected chi connectivity index (χ3v) is 2.28. The van der Waals surface area contributed by atoms with Gasteiger partial charge in [-0.05, 0) is 31.2 Å². The summed E-state index contributed by atoms with van der Waals surface area (Å²) in [5.41, 5.74) is 0.892. The van der Waals surface area contributed by atoms with Gasteiger partial charge in [0.25, 0.3) is 5.89 Å². The molecule has 0 amide bonds. The lowest BCUT2D eigenvalue weighted by molar-refractivity contribution is 0.0697. The minimum Gasteiger partial charge on any atom is -0.478 e. The largest absolute Gasteiger partial charge is 0.478 e. The second-order valence-electron chi connectivity index (χ2n) is 3.54. The van der Waals surface area contributed by atoms with Gasteiger partial charge in [-0.1, -0.05) is 5.16 Å². The molecule has 1 N–H and O–H groups in total. The maximum atomic E-state index is 10.7. The Morgan fingerprint density at radius 3 is 2.72 bits per heavy atom. The van der Waals surface area contributed by atoms with Crippen LogP contribution in [0.25, 0.3) is 11.5 Å². The number of carbonyl (C=O) groups is 1. The molecule has 1 aromatic carbocycles. The lowest BCUT2D eigenvalue weighted by Crippen LogP contribution is -1.95. The summed E-state index contributed by atoms with van der Waals surface area (Å²) < 4.78 is 10.2. The van der Waals surface area contributed by atoms with Gasteiger partial charge in [-0.15, -0.1) is 0 Å². The van der Waals surface area contributed by atoms with Crippen molar-refractivity contribution in [1.82, 2.24) is 10.1 Å². The number of aromatic carboxylic acids is 1. The number of benzene rings is 1. The molecule has 0 aliphatic heterocycles. The molecular weight excluding hydrogens is 236 g/mol. The van der Waals surface area contributed by atoms with Crippen molar-refractivity contribution in [2.45, 2.75) is 13.5 Å². The molecule has 0 saturated heterocycles. The number of carboxylic acids is 1. The predicted octanol–water partition coefficient (Wildman–Crippen LogP) is 1.97. The molecule has 18 heavy (non-hydrogen) atoms. The van der Waals surface area contributed by atoms with E-state index in [1.165, 1.54) is 12.1 Å². The Bertz CT molecular complexity index is 533. The quantitative estimate of drug-likeness (QED) is 0.870. The molecule has 0 atom stereocenters. The Balaban J connectivity index is 2.15. The van der Waals surface area contributed by atoms with E-state index < -0.39 is 5.97 Å². The molecule has 0 saturated carbocycles. The summed E-state index contributed by atoms with van der Waals surface area (Å²) in [6, 6.07) is 6.23. The van der Waals surface area contributed by atoms with Gasteiger partial charge in [-0.25, -0.2) is 4.79 Å². The van der Waals surface area contributed by atoms with Crippen molar-refractivity contribution in [3.05, 3.63) is 35.7 Å². The number of hydrogen-bond acceptors (Lipinski definition) is 5. The summed E-state index contributed by atoms with van der Waals surface area (Å²) in [6.45, 7) is 2.76. The van der Waals surface area contributed by atoms with E-state index in [0.29, 0.717) is 30.5 Å². The topological polar surface area (TPSA) is 85.5 Å². The first kappa shape index (κ1) is 12.3. The molecule has 1 heterocycles. The summed E-state index contributed by atoms with van der Waals surface area (Å²) in [7, 11) is 0. The average molecular weight is 248 g/mol. The van der Waals surface area contributed by atoms with Gasteiger partial charge < -0.3 is 14.4 Å². The standard InChI is InChI=1S/C12H12N2O4/c1-2-17-7-10-13-11(18-14-10)8-3-5-9(6-4-8)12(15)16/h3-6H,2,7H2,1H3,(H,15,16). The van der Waals surface area contributed by atoms with E-state index in [1.54, 1.807) is 12.1 Å². The maximum Gasteiger partial charge on any atom is 0.335 e. The number of aromatic nitrogens is 2. The molecule has 0 radical (unpaired) electrons. The second-order valence-corrected chi connectivity index (χ2v) is 3.54. The van der Waals surface area contributed by atoms with E-state index in [0.717, 1.165) is 0 Å². The zero-order valence-corrected chi connectivity index (χ0v) is 9.79. The molecule has 0 fully saturated rings. The highest BCUT2D eigenvalue weighted by Crippen LogP contribution is 2.17. The molecule has 2 rings (SSSR count). The molecule has 0 bridgehead atoms. The number of nitrogens with zero attached hydrogens (tertiary/aromatic N) is 2. The molecule has 94 valence electrons. The van der Waals surface area contributed by atoms with Crippen molar-refractivity contribution in [2.24, 2.45) is 0 Å². The Labute approximate surface area is 103 Å². The molecule has 6 heteroatoms. The lowest BCUT2D eigenvalue weighted by atomic mass is 10.1. The van der Waals surface area contributed by atoms with Crippen molar-refractivity contribution in [1.29, 1.82) is 0 Å². The maximum absolute atomic E-state index is 10.7. The Morgan fingerprint density at radius 2 is 2.11 bits per heavy atom. The number of carboxylic acid groups (broad SMARTS) is 1. The van der Waals surface area contributed by atoms with E-state index in [4.69, 9.17) is 14.4 Å². The number of ether oxygens (including phenoxy) is 1. The predicted molar refractivity (Wildman–Crippen MR) is 62.0 cm³/mol. The van der Waals surface area contributed by atoms with Crippen LogP contribution < -0.4 is 0 Å². The molecule has 0 aliphatic carbocycles. The minimum atomic E-state index is -0.968. The third kappa shape index (κ3) is 2.72. The third-order valence-electron chi connectivity index (χ3n) is 2.28. The van der Waals surface area contributed by atoms with Gasteiger partial charge in [0.15, 0.2) is 5.82 Å². The fourth-order valence-corrected chi connectivity index (χ4v) is 1.38. The molecule has 0 unspecified atom stereocenters. The minimum absolute atomic E-state index is 0.216. The van der Waals surface area contributed by atoms with Crippen molar-refractivity contribution in [3.63, 3.8) is 0 Å². The van der Waals surface area contributed by atoms with Gasteiger partial charge in [0.2, 0.25) is 0 Å². The van der Waals surface area contributed by atoms with E-state index in [-0.39, 0.29) is 5.56 Å². The Morgan fingerprint density at radius 1 is 1.39 bits per heavy atom. The monoisotopic (exact) mass is 248 g/mol. The zero-order chi connectivity index (χ0) is 13.0. The number of rotatable bonds is 5. The van der Waals surface area contributed by atoms with Crippen molar-refractivity contribution >= 4 is 5.97 Å². The Kier molecular flexibility index (Phi) is 3.69. The Hall–Kier alpha value is -2.21. The van der Waals surface area contributed by atoms with Crippen molar-refractivity contribution in [2.75, 3.05) is 6.61 Å².